The molecule has 0 bridgehead atoms. The van der Waals surface area contributed by atoms with E-state index in [9.17, 15) is 40.7 Å². The summed E-state index contributed by atoms with van der Waals surface area (Å²) < 4.78 is 142. The normalized spacial score (nSPS) is 17.5. The van der Waals surface area contributed by atoms with Gasteiger partial charge in [-0.15, -0.1) is 0 Å². The predicted molar refractivity (Wildman–Crippen MR) is 347 cm³/mol. The summed E-state index contributed by atoms with van der Waals surface area (Å²) >= 11 is 0. The highest BCUT2D eigenvalue weighted by Gasteiger charge is 2.38. The van der Waals surface area contributed by atoms with E-state index < -0.39 is 60.4 Å². The van der Waals surface area contributed by atoms with Crippen LogP contribution in [0.4, 0.5) is 63.5 Å². The Kier molecular flexibility index (Phi) is 26.7. The maximum absolute atomic E-state index is 13.1. The molecule has 94 heavy (non-hydrogen) atoms. The molecule has 19 nitrogen and oxygen atoms in total. The van der Waals surface area contributed by atoms with Gasteiger partial charge in [0.05, 0.1) is 5.70 Å². The van der Waals surface area contributed by atoms with Crippen molar-refractivity contribution in [2.75, 3.05) is 50.1 Å². The molecule has 6 aliphatic rings. The summed E-state index contributed by atoms with van der Waals surface area (Å²) in [6, 6.07) is 34.7. The number of nitrogens with one attached hydrogen (secondary N) is 1. The third-order valence-electron chi connectivity index (χ3n) is 14.3. The molecule has 516 valence electrons. The molecular formula is C67H86F6N6O13S2. The number of allylic oxidation sites excluding steroid dienone is 4. The van der Waals surface area contributed by atoms with Crippen molar-refractivity contribution in [3.8, 4) is 0 Å². The monoisotopic (exact) mass is 1360 g/mol. The number of anilines is 2. The Hall–Kier alpha value is -8.01. The highest BCUT2D eigenvalue weighted by molar-refractivity contribution is 7.86. The number of benzene rings is 4. The van der Waals surface area contributed by atoms with Crippen molar-refractivity contribution >= 4 is 73.8 Å². The summed E-state index contributed by atoms with van der Waals surface area (Å²) in [5, 5.41) is 3.49. The van der Waals surface area contributed by atoms with Gasteiger partial charge in [0.15, 0.2) is 45.8 Å². The summed E-state index contributed by atoms with van der Waals surface area (Å²) in [6.45, 7) is 19.8. The Labute approximate surface area is 548 Å². The summed E-state index contributed by atoms with van der Waals surface area (Å²) in [5.41, 5.74) is 5.22. The number of halogens is 6. The molecule has 0 fully saturated rings. The van der Waals surface area contributed by atoms with Crippen LogP contribution in [0.3, 0.4) is 0 Å². The topological polar surface area (TPSA) is 230 Å². The molecule has 0 saturated carbocycles. The van der Waals surface area contributed by atoms with Crippen molar-refractivity contribution < 1.29 is 94.8 Å². The first-order valence-corrected chi connectivity index (χ1v) is 32.2. The van der Waals surface area contributed by atoms with Crippen LogP contribution in [-0.4, -0.2) is 139 Å². The number of carbonyl (C=O) groups is 3. The molecule has 0 unspecified atom stereocenters. The Balaban J connectivity index is 0.000000279. The van der Waals surface area contributed by atoms with E-state index in [0.29, 0.717) is 0 Å². The van der Waals surface area contributed by atoms with Gasteiger partial charge in [-0.05, 0) is 135 Å². The minimum atomic E-state index is -6.09. The second kappa shape index (κ2) is 31.9. The van der Waals surface area contributed by atoms with E-state index in [4.69, 9.17) is 40.2 Å². The molecule has 1 N–H and O–H groups in total. The largest absolute Gasteiger partial charge is 0.741 e. The van der Waals surface area contributed by atoms with E-state index in [1.165, 1.54) is 73.0 Å². The van der Waals surface area contributed by atoms with Crippen LogP contribution in [0.25, 0.3) is 0 Å². The van der Waals surface area contributed by atoms with Gasteiger partial charge in [0.1, 0.15) is 16.8 Å². The number of hydrogen-bond acceptors (Lipinski definition) is 16. The first-order valence-electron chi connectivity index (χ1n) is 29.4. The number of alkyl halides is 6. The number of carbonyl (C=O) groups excluding carboxylic acids is 3. The van der Waals surface area contributed by atoms with Gasteiger partial charge in [0.25, 0.3) is 0 Å². The lowest BCUT2D eigenvalue weighted by Gasteiger charge is -2.27. The van der Waals surface area contributed by atoms with Crippen LogP contribution >= 0.6 is 0 Å². The van der Waals surface area contributed by atoms with Crippen LogP contribution in [-0.2, 0) is 64.9 Å². The summed E-state index contributed by atoms with van der Waals surface area (Å²) in [5.74, 6) is 0. The SMILES string of the molecule is C.C.CC(C)(C)OC(=O)OC(=O)OC(C)(C)C.CN(C(=O)OC(C)(C)C)C1=C(C=[N+]2CCc3ccccc32)CC/C1=C\N1CCc2ccccc21.CNC1=C(C=[N+]2CCc3ccccc32)CC/C1=C\N1CCc2ccccc21.O=S(=O)([O-])C(F)(F)F.O=S(=O)([O-])C(F)(F)F. The molecule has 0 radical (unpaired) electrons. The van der Waals surface area contributed by atoms with Gasteiger partial charge < -0.3 is 43.2 Å². The third-order valence-corrected chi connectivity index (χ3v) is 15.4. The molecule has 0 atom stereocenters. The molecule has 0 saturated heterocycles. The number of fused-ring (bicyclic) bond motifs is 4. The van der Waals surface area contributed by atoms with Gasteiger partial charge in [-0.1, -0.05) is 87.6 Å². The number of ether oxygens (including phenoxy) is 4. The molecule has 1 amide bonds. The second-order valence-electron chi connectivity index (χ2n) is 24.7. The zero-order chi connectivity index (χ0) is 68.4. The number of amides is 1. The zero-order valence-corrected chi connectivity index (χ0v) is 54.8. The Morgan fingerprint density at radius 1 is 0.521 bits per heavy atom. The highest BCUT2D eigenvalue weighted by atomic mass is 32.2. The lowest BCUT2D eigenvalue weighted by atomic mass is 10.1. The summed E-state index contributed by atoms with van der Waals surface area (Å²) in [7, 11) is -8.29. The number of likely N-dealkylation sites (N-methyl/N-ethyl adjacent to an activating group) is 2. The van der Waals surface area contributed by atoms with Gasteiger partial charge in [-0.25, -0.2) is 31.2 Å². The van der Waals surface area contributed by atoms with E-state index in [-0.39, 0.29) is 20.9 Å². The fourth-order valence-corrected chi connectivity index (χ4v) is 10.5. The number of rotatable bonds is 6. The van der Waals surface area contributed by atoms with Crippen LogP contribution in [0.5, 0.6) is 0 Å². The van der Waals surface area contributed by atoms with Crippen LogP contribution in [0.1, 0.15) is 125 Å². The molecule has 0 spiro atoms. The molecule has 2 aliphatic carbocycles. The smallest absolute Gasteiger partial charge is 0.519 e. The molecule has 0 aromatic heterocycles. The van der Waals surface area contributed by atoms with Crippen molar-refractivity contribution in [3.63, 3.8) is 0 Å². The average Bonchev–Trinajstić information content (AvgIpc) is 1.64. The lowest BCUT2D eigenvalue weighted by molar-refractivity contribution is -0.423. The van der Waals surface area contributed by atoms with Gasteiger partial charge in [0.2, 0.25) is 11.4 Å². The molecule has 4 aromatic rings. The highest BCUT2D eigenvalue weighted by Crippen LogP contribution is 2.39. The Morgan fingerprint density at radius 2 is 0.872 bits per heavy atom. The molecule has 4 heterocycles. The predicted octanol–water partition coefficient (Wildman–Crippen LogP) is 14.2. The van der Waals surface area contributed by atoms with E-state index in [2.05, 4.69) is 158 Å². The quantitative estimate of drug-likeness (QED) is 0.0360. The van der Waals surface area contributed by atoms with Crippen LogP contribution < -0.4 is 15.1 Å². The van der Waals surface area contributed by atoms with Crippen molar-refractivity contribution in [1.82, 2.24) is 10.2 Å². The number of nitrogens with zero attached hydrogens (tertiary/aromatic N) is 5. The lowest BCUT2D eigenvalue weighted by Crippen LogP contribution is -2.34. The van der Waals surface area contributed by atoms with Crippen molar-refractivity contribution in [2.24, 2.45) is 0 Å². The van der Waals surface area contributed by atoms with Crippen LogP contribution in [0.15, 0.2) is 143 Å². The van der Waals surface area contributed by atoms with Gasteiger partial charge in [0, 0.05) is 104 Å². The van der Waals surface area contributed by atoms with Gasteiger partial charge in [-0.3, -0.25) is 4.90 Å². The van der Waals surface area contributed by atoms with E-state index in [1.54, 1.807) is 46.4 Å². The first-order chi connectivity index (χ1) is 42.6. The van der Waals surface area contributed by atoms with Crippen LogP contribution in [0.2, 0.25) is 0 Å². The maximum atomic E-state index is 13.1. The zero-order valence-electron chi connectivity index (χ0n) is 53.2. The standard InChI is InChI=1S/C29H34N3O2.C24H25N3.C10H18O5.2CHF3O3S.2CH4/c1-29(2,3)34-28(33)30(4)27-23(19-31-17-15-21-9-5-7-11-25(21)31)13-14-24(27)20-32-18-16-22-10-6-8-12-26(22)32;1-25-24-20(16-26-14-12-18-6-2-4-8-22(18)26)10-11-21(24)17-27-15-13-19-7-3-5-9-23(19)27;1-9(2,3)14-7(11)13-8(12)15-10(4,5)6;2*2-1(3,4)8(5,6)7;;/h5-12,19-20H,13-18H2,1-4H3;2-9,16-17H,10-15H2,1H3;1-6H3;2*(H,5,6,7);2*1H4/q+1;;;;;;/p-1/b;20-16+;;;;;. The fraction of sp³-hybridized carbons (Fsp3) is 0.448. The maximum Gasteiger partial charge on any atom is 0.519 e. The number of para-hydroxylation sites is 4. The molecule has 27 heteroatoms. The van der Waals surface area contributed by atoms with Crippen LogP contribution in [0, 0.1) is 0 Å². The molecule has 4 aromatic carbocycles. The Morgan fingerprint density at radius 3 is 1.27 bits per heavy atom. The fourth-order valence-electron chi connectivity index (χ4n) is 10.5. The van der Waals surface area contributed by atoms with Gasteiger partial charge in [-0.2, -0.15) is 35.5 Å². The van der Waals surface area contributed by atoms with Crippen molar-refractivity contribution in [2.45, 2.75) is 156 Å². The minimum Gasteiger partial charge on any atom is -0.741 e. The summed E-state index contributed by atoms with van der Waals surface area (Å²) in [4.78, 5) is 41.6. The average molecular weight is 1360 g/mol. The third kappa shape index (κ3) is 22.3. The molecule has 4 aliphatic heterocycles. The van der Waals surface area contributed by atoms with Gasteiger partial charge >= 0.3 is 29.4 Å². The van der Waals surface area contributed by atoms with Crippen molar-refractivity contribution in [1.29, 1.82) is 0 Å². The summed E-state index contributed by atoms with van der Waals surface area (Å²) in [6.07, 6.45) is 15.2. The van der Waals surface area contributed by atoms with E-state index in [1.807, 2.05) is 27.8 Å². The molecular weight excluding hydrogens is 1270 g/mol. The number of hydrogen-bond donors (Lipinski definition) is 1. The minimum absolute atomic E-state index is 0. The first kappa shape index (κ1) is 78.4. The molecule has 10 rings (SSSR count). The van der Waals surface area contributed by atoms with E-state index in [0.717, 1.165) is 83.2 Å². The van der Waals surface area contributed by atoms with E-state index >= 15 is 0 Å². The van der Waals surface area contributed by atoms with Crippen molar-refractivity contribution in [3.05, 3.63) is 165 Å². The Bertz CT molecular complexity index is 3730. The second-order valence-corrected chi connectivity index (χ2v) is 27.5.